The molecule has 1 saturated heterocycles. The molecular weight excluding hydrogens is 503 g/mol. The lowest BCUT2D eigenvalue weighted by molar-refractivity contribution is -0.154. The van der Waals surface area contributed by atoms with Crippen LogP contribution in [-0.2, 0) is 22.6 Å². The van der Waals surface area contributed by atoms with Gasteiger partial charge in [0.2, 0.25) is 11.2 Å². The molecule has 0 N–H and O–H groups in total. The second-order valence-electron chi connectivity index (χ2n) is 8.57. The largest absolute Gasteiger partial charge is 0.490 e. The second-order valence-corrected chi connectivity index (χ2v) is 10.8. The van der Waals surface area contributed by atoms with E-state index >= 15 is 0 Å². The molecule has 8 nitrogen and oxygen atoms in total. The maximum absolute atomic E-state index is 14.1. The van der Waals surface area contributed by atoms with Gasteiger partial charge in [-0.05, 0) is 37.6 Å². The molecule has 1 aromatic heterocycles. The number of nitrogens with zero attached hydrogens (tertiary/aromatic N) is 1. The first-order chi connectivity index (χ1) is 17.1. The van der Waals surface area contributed by atoms with Crippen LogP contribution in [0.2, 0.25) is 0 Å². The Kier molecular flexibility index (Phi) is 6.11. The van der Waals surface area contributed by atoms with Crippen LogP contribution < -0.4 is 19.6 Å². The molecule has 12 heteroatoms. The highest BCUT2D eigenvalue weighted by atomic mass is 32.2. The quantitative estimate of drug-likeness (QED) is 0.486. The van der Waals surface area contributed by atoms with Crippen LogP contribution in [-0.4, -0.2) is 44.2 Å². The van der Waals surface area contributed by atoms with Gasteiger partial charge in [-0.1, -0.05) is 12.1 Å². The summed E-state index contributed by atoms with van der Waals surface area (Å²) in [5.74, 6) is -2.23. The molecule has 36 heavy (non-hydrogen) atoms. The van der Waals surface area contributed by atoms with Gasteiger partial charge in [0.25, 0.3) is 5.76 Å². The first-order valence-corrected chi connectivity index (χ1v) is 13.1. The van der Waals surface area contributed by atoms with Gasteiger partial charge in [-0.25, -0.2) is 8.42 Å². The highest BCUT2D eigenvalue weighted by molar-refractivity contribution is 7.91. The fourth-order valence-corrected chi connectivity index (χ4v) is 6.22. The van der Waals surface area contributed by atoms with Crippen molar-refractivity contribution < 1.29 is 40.2 Å². The zero-order valence-corrected chi connectivity index (χ0v) is 19.9. The summed E-state index contributed by atoms with van der Waals surface area (Å²) in [7, 11) is -3.19. The maximum atomic E-state index is 14.1. The molecule has 5 rings (SSSR count). The van der Waals surface area contributed by atoms with Gasteiger partial charge in [-0.15, -0.1) is 0 Å². The third-order valence-corrected chi connectivity index (χ3v) is 7.92. The van der Waals surface area contributed by atoms with Gasteiger partial charge >= 0.3 is 6.18 Å². The van der Waals surface area contributed by atoms with Gasteiger partial charge < -0.3 is 18.6 Å². The van der Waals surface area contributed by atoms with E-state index in [1.807, 2.05) is 0 Å². The lowest BCUT2D eigenvalue weighted by atomic mass is 10.1. The topological polar surface area (TPSA) is 95.3 Å². The summed E-state index contributed by atoms with van der Waals surface area (Å²) in [5.41, 5.74) is -1.04. The Bertz CT molecular complexity index is 1480. The van der Waals surface area contributed by atoms with Crippen molar-refractivity contribution in [3.63, 3.8) is 0 Å². The average Bonchev–Trinajstić information content (AvgIpc) is 3.20. The molecule has 2 aliphatic heterocycles. The van der Waals surface area contributed by atoms with Crippen molar-refractivity contribution in [2.24, 2.45) is 0 Å². The van der Waals surface area contributed by atoms with E-state index in [-0.39, 0.29) is 71.2 Å². The van der Waals surface area contributed by atoms with Crippen LogP contribution in [0.25, 0.3) is 11.0 Å². The van der Waals surface area contributed by atoms with Crippen LogP contribution in [0.5, 0.6) is 23.0 Å². The Morgan fingerprint density at radius 1 is 1.14 bits per heavy atom. The Hall–Kier alpha value is -3.25. The minimum atomic E-state index is -5.04. The van der Waals surface area contributed by atoms with E-state index < -0.39 is 33.0 Å². The van der Waals surface area contributed by atoms with E-state index in [4.69, 9.17) is 18.6 Å². The number of rotatable bonds is 5. The number of alkyl halides is 3. The van der Waals surface area contributed by atoms with Crippen LogP contribution in [0, 0.1) is 0 Å². The van der Waals surface area contributed by atoms with Gasteiger partial charge in [-0.2, -0.15) is 13.2 Å². The highest BCUT2D eigenvalue weighted by Gasteiger charge is 2.42. The third-order valence-electron chi connectivity index (χ3n) is 6.17. The van der Waals surface area contributed by atoms with Crippen LogP contribution in [0.3, 0.4) is 0 Å². The van der Waals surface area contributed by atoms with Gasteiger partial charge in [-0.3, -0.25) is 9.69 Å². The van der Waals surface area contributed by atoms with Crippen LogP contribution >= 0.6 is 0 Å². The number of ether oxygens (including phenoxy) is 3. The van der Waals surface area contributed by atoms with Crippen molar-refractivity contribution in [1.82, 2.24) is 4.90 Å². The van der Waals surface area contributed by atoms with Gasteiger partial charge in [0.15, 0.2) is 21.3 Å². The van der Waals surface area contributed by atoms with Crippen LogP contribution in [0.1, 0.15) is 24.7 Å². The van der Waals surface area contributed by atoms with E-state index in [2.05, 4.69) is 0 Å². The maximum Gasteiger partial charge on any atom is 0.453 e. The summed E-state index contributed by atoms with van der Waals surface area (Å²) in [6.07, 6.45) is -4.65. The molecule has 1 fully saturated rings. The fourth-order valence-electron chi connectivity index (χ4n) is 4.46. The zero-order valence-electron chi connectivity index (χ0n) is 19.1. The Morgan fingerprint density at radius 3 is 2.56 bits per heavy atom. The SMILES string of the molecule is CCOc1ccccc1Oc1c(C(F)(F)F)oc2c3c(ccc2c1=O)OCN(C1CCS(=O)(=O)C1)C3. The van der Waals surface area contributed by atoms with E-state index in [0.29, 0.717) is 6.42 Å². The van der Waals surface area contributed by atoms with Crippen molar-refractivity contribution in [2.45, 2.75) is 32.1 Å². The van der Waals surface area contributed by atoms with Crippen LogP contribution in [0.15, 0.2) is 45.6 Å². The lowest BCUT2D eigenvalue weighted by Crippen LogP contribution is -2.41. The Morgan fingerprint density at radius 2 is 1.89 bits per heavy atom. The Balaban J connectivity index is 1.62. The molecule has 0 aliphatic carbocycles. The first-order valence-electron chi connectivity index (χ1n) is 11.2. The average molecular weight is 526 g/mol. The molecule has 0 spiro atoms. The van der Waals surface area contributed by atoms with Crippen LogP contribution in [0.4, 0.5) is 13.2 Å². The second kappa shape index (κ2) is 9.00. The molecular formula is C24H22F3NO7S. The molecule has 3 aromatic rings. The summed E-state index contributed by atoms with van der Waals surface area (Å²) in [6, 6.07) is 8.55. The molecule has 1 atom stereocenters. The molecule has 3 heterocycles. The number of benzene rings is 2. The van der Waals surface area contributed by atoms with E-state index in [1.165, 1.54) is 24.3 Å². The highest BCUT2D eigenvalue weighted by Crippen LogP contribution is 2.42. The minimum Gasteiger partial charge on any atom is -0.490 e. The molecule has 0 bridgehead atoms. The minimum absolute atomic E-state index is 0.0355. The van der Waals surface area contributed by atoms with Gasteiger partial charge in [0.1, 0.15) is 18.1 Å². The number of halogens is 3. The summed E-state index contributed by atoms with van der Waals surface area (Å²) in [6.45, 7) is 2.09. The molecule has 1 unspecified atom stereocenters. The van der Waals surface area contributed by atoms with Gasteiger partial charge in [0, 0.05) is 12.6 Å². The van der Waals surface area contributed by atoms with Gasteiger partial charge in [0.05, 0.1) is 29.1 Å². The predicted molar refractivity (Wildman–Crippen MR) is 123 cm³/mol. The van der Waals surface area contributed by atoms with E-state index in [9.17, 15) is 26.4 Å². The summed E-state index contributed by atoms with van der Waals surface area (Å²) >= 11 is 0. The lowest BCUT2D eigenvalue weighted by Gasteiger charge is -2.33. The summed E-state index contributed by atoms with van der Waals surface area (Å²) in [4.78, 5) is 15.0. The van der Waals surface area contributed by atoms with Crippen molar-refractivity contribution in [2.75, 3.05) is 24.8 Å². The molecule has 0 amide bonds. The molecule has 2 aromatic carbocycles. The van der Waals surface area contributed by atoms with Crippen molar-refractivity contribution in [3.05, 3.63) is 57.9 Å². The molecule has 0 radical (unpaired) electrons. The normalized spacial score (nSPS) is 19.6. The number of para-hydroxylation sites is 2. The zero-order chi connectivity index (χ0) is 25.7. The fraction of sp³-hybridized carbons (Fsp3) is 0.375. The predicted octanol–water partition coefficient (Wildman–Crippen LogP) is 4.34. The third kappa shape index (κ3) is 4.50. The number of sulfone groups is 1. The molecule has 2 aliphatic rings. The first kappa shape index (κ1) is 24.4. The van der Waals surface area contributed by atoms with E-state index in [0.717, 1.165) is 0 Å². The van der Waals surface area contributed by atoms with Crippen molar-refractivity contribution in [1.29, 1.82) is 0 Å². The number of hydrogen-bond acceptors (Lipinski definition) is 8. The molecule has 0 saturated carbocycles. The Labute approximate surface area is 204 Å². The van der Waals surface area contributed by atoms with Crippen molar-refractivity contribution >= 4 is 20.8 Å². The number of fused-ring (bicyclic) bond motifs is 3. The van der Waals surface area contributed by atoms with E-state index in [1.54, 1.807) is 24.0 Å². The number of hydrogen-bond donors (Lipinski definition) is 0. The monoisotopic (exact) mass is 525 g/mol. The van der Waals surface area contributed by atoms with Crippen molar-refractivity contribution in [3.8, 4) is 23.0 Å². The smallest absolute Gasteiger partial charge is 0.453 e. The standard InChI is InChI=1S/C24H22F3NO7S/c1-2-32-18-5-3-4-6-19(18)34-22-20(29)15-7-8-17-16(21(15)35-23(22)24(25,26)27)11-28(13-33-17)14-9-10-36(30,31)12-14/h3-8,14H,2,9-13H2,1H3. The summed E-state index contributed by atoms with van der Waals surface area (Å²) in [5, 5.41) is -0.116. The molecule has 192 valence electrons. The summed E-state index contributed by atoms with van der Waals surface area (Å²) < 4.78 is 88.0.